The van der Waals surface area contributed by atoms with Crippen molar-refractivity contribution in [3.63, 3.8) is 0 Å². The molecule has 0 aromatic carbocycles. The van der Waals surface area contributed by atoms with Gasteiger partial charge in [-0.3, -0.25) is 0 Å². The van der Waals surface area contributed by atoms with Gasteiger partial charge in [0.2, 0.25) is 0 Å². The topological polar surface area (TPSA) is 67.9 Å². The molecule has 0 aromatic heterocycles. The van der Waals surface area contributed by atoms with Gasteiger partial charge in [-0.1, -0.05) is 0 Å². The highest BCUT2D eigenvalue weighted by atomic mass is 32.2. The molecule has 1 heterocycles. The van der Waals surface area contributed by atoms with Crippen LogP contribution < -0.4 is 5.32 Å². The summed E-state index contributed by atoms with van der Waals surface area (Å²) in [7, 11) is 2.06. The number of piperidine rings is 1. The zero-order valence-electron chi connectivity index (χ0n) is 14.9. The molecule has 23 heavy (non-hydrogen) atoms. The zero-order chi connectivity index (χ0) is 17.5. The van der Waals surface area contributed by atoms with E-state index >= 15 is 0 Å². The average molecular weight is 346 g/mol. The van der Waals surface area contributed by atoms with Crippen LogP contribution >= 0.6 is 11.8 Å². The smallest absolute Gasteiger partial charge is 0.408 e. The highest BCUT2D eigenvalue weighted by Gasteiger charge is 2.28. The molecule has 1 amide bonds. The zero-order valence-corrected chi connectivity index (χ0v) is 15.7. The third-order valence-electron chi connectivity index (χ3n) is 3.53. The number of amides is 1. The van der Waals surface area contributed by atoms with Gasteiger partial charge in [-0.15, -0.1) is 0 Å². The summed E-state index contributed by atoms with van der Waals surface area (Å²) in [5, 5.41) is 2.65. The van der Waals surface area contributed by atoms with Gasteiger partial charge in [0, 0.05) is 13.1 Å². The Bertz CT molecular complexity index is 390. The lowest BCUT2D eigenvalue weighted by atomic mass is 10.1. The number of nitrogens with one attached hydrogen (secondary N) is 1. The van der Waals surface area contributed by atoms with Crippen LogP contribution in [0.25, 0.3) is 0 Å². The van der Waals surface area contributed by atoms with Crippen molar-refractivity contribution in [3.05, 3.63) is 0 Å². The predicted octanol–water partition coefficient (Wildman–Crippen LogP) is 2.27. The highest BCUT2D eigenvalue weighted by Crippen LogP contribution is 2.15. The Morgan fingerprint density at radius 3 is 2.43 bits per heavy atom. The van der Waals surface area contributed by atoms with Gasteiger partial charge < -0.3 is 19.7 Å². The standard InChI is InChI=1S/C16H30N2O4S/c1-16(2,3)22-15(20)17-13(8-11-23-5)14(19)21-12-6-9-18(4)10-7-12/h12-13H,6-11H2,1-5H3,(H,17,20). The lowest BCUT2D eigenvalue weighted by Crippen LogP contribution is -2.46. The van der Waals surface area contributed by atoms with Gasteiger partial charge >= 0.3 is 12.1 Å². The minimum atomic E-state index is -0.656. The van der Waals surface area contributed by atoms with Gasteiger partial charge in [0.15, 0.2) is 0 Å². The summed E-state index contributed by atoms with van der Waals surface area (Å²) in [4.78, 5) is 26.5. The Morgan fingerprint density at radius 1 is 1.30 bits per heavy atom. The van der Waals surface area contributed by atoms with Gasteiger partial charge in [0.05, 0.1) is 0 Å². The van der Waals surface area contributed by atoms with E-state index in [0.717, 1.165) is 31.7 Å². The summed E-state index contributed by atoms with van der Waals surface area (Å²) >= 11 is 1.63. The van der Waals surface area contributed by atoms with Crippen molar-refractivity contribution < 1.29 is 19.1 Å². The number of carbonyl (C=O) groups excluding carboxylic acids is 2. The molecule has 0 bridgehead atoms. The number of carbonyl (C=O) groups is 2. The Morgan fingerprint density at radius 2 is 1.91 bits per heavy atom. The molecule has 0 radical (unpaired) electrons. The van der Waals surface area contributed by atoms with Crippen LogP contribution in [0.1, 0.15) is 40.0 Å². The molecule has 0 aliphatic carbocycles. The summed E-state index contributed by atoms with van der Waals surface area (Å²) in [5.74, 6) is 0.405. The van der Waals surface area contributed by atoms with Gasteiger partial charge in [-0.05, 0) is 59.1 Å². The summed E-state index contributed by atoms with van der Waals surface area (Å²) in [6.45, 7) is 7.22. The van der Waals surface area contributed by atoms with Crippen molar-refractivity contribution in [1.82, 2.24) is 10.2 Å². The number of nitrogens with zero attached hydrogens (tertiary/aromatic N) is 1. The molecule has 6 nitrogen and oxygen atoms in total. The molecule has 7 heteroatoms. The van der Waals surface area contributed by atoms with E-state index < -0.39 is 17.7 Å². The molecular weight excluding hydrogens is 316 g/mol. The Hall–Kier alpha value is -0.950. The number of likely N-dealkylation sites (tertiary alicyclic amines) is 1. The van der Waals surface area contributed by atoms with Crippen molar-refractivity contribution in [2.45, 2.75) is 57.8 Å². The number of hydrogen-bond acceptors (Lipinski definition) is 6. The van der Waals surface area contributed by atoms with Crippen LogP contribution in [0.4, 0.5) is 4.79 Å². The van der Waals surface area contributed by atoms with Gasteiger partial charge in [0.1, 0.15) is 17.7 Å². The summed E-state index contributed by atoms with van der Waals surface area (Å²) in [5.41, 5.74) is -0.591. The van der Waals surface area contributed by atoms with Crippen molar-refractivity contribution >= 4 is 23.8 Å². The van der Waals surface area contributed by atoms with E-state index in [0.29, 0.717) is 6.42 Å². The minimum absolute atomic E-state index is 0.0593. The van der Waals surface area contributed by atoms with Crippen molar-refractivity contribution in [2.75, 3.05) is 32.1 Å². The van der Waals surface area contributed by atoms with E-state index in [1.54, 1.807) is 32.5 Å². The van der Waals surface area contributed by atoms with E-state index in [4.69, 9.17) is 9.47 Å². The number of esters is 1. The predicted molar refractivity (Wildman–Crippen MR) is 92.8 cm³/mol. The third-order valence-corrected chi connectivity index (χ3v) is 4.18. The molecule has 1 saturated heterocycles. The van der Waals surface area contributed by atoms with Crippen molar-refractivity contribution in [2.24, 2.45) is 0 Å². The molecular formula is C16H30N2O4S. The quantitative estimate of drug-likeness (QED) is 0.744. The Kier molecular flexibility index (Phi) is 8.19. The Labute approximate surface area is 143 Å². The van der Waals surface area contributed by atoms with Crippen LogP contribution in [-0.4, -0.2) is 66.9 Å². The average Bonchev–Trinajstić information content (AvgIpc) is 2.43. The molecule has 1 N–H and O–H groups in total. The SMILES string of the molecule is CSCCC(NC(=O)OC(C)(C)C)C(=O)OC1CCN(C)CC1. The van der Waals surface area contributed by atoms with E-state index in [1.165, 1.54) is 0 Å². The number of ether oxygens (including phenoxy) is 2. The molecule has 0 aromatic rings. The molecule has 1 aliphatic rings. The maximum absolute atomic E-state index is 12.4. The first-order valence-corrected chi connectivity index (χ1v) is 9.48. The summed E-state index contributed by atoms with van der Waals surface area (Å²) in [6, 6.07) is -0.656. The van der Waals surface area contributed by atoms with Crippen LogP contribution in [0.2, 0.25) is 0 Å². The number of thioether (sulfide) groups is 1. The molecule has 134 valence electrons. The molecule has 1 rings (SSSR count). The first-order chi connectivity index (χ1) is 10.7. The van der Waals surface area contributed by atoms with Gasteiger partial charge in [0.25, 0.3) is 0 Å². The largest absolute Gasteiger partial charge is 0.461 e. The number of rotatable bonds is 6. The first-order valence-electron chi connectivity index (χ1n) is 8.09. The second-order valence-corrected chi connectivity index (χ2v) is 7.91. The van der Waals surface area contributed by atoms with Gasteiger partial charge in [-0.2, -0.15) is 11.8 Å². The minimum Gasteiger partial charge on any atom is -0.461 e. The fraction of sp³-hybridized carbons (Fsp3) is 0.875. The second kappa shape index (κ2) is 9.37. The van der Waals surface area contributed by atoms with Crippen LogP contribution in [0.15, 0.2) is 0 Å². The fourth-order valence-corrected chi connectivity index (χ4v) is 2.76. The van der Waals surface area contributed by atoms with Crippen molar-refractivity contribution in [3.8, 4) is 0 Å². The van der Waals surface area contributed by atoms with Crippen LogP contribution in [-0.2, 0) is 14.3 Å². The summed E-state index contributed by atoms with van der Waals surface area (Å²) in [6.07, 6.45) is 3.53. The molecule has 1 fully saturated rings. The molecule has 0 spiro atoms. The molecule has 1 atom stereocenters. The lowest BCUT2D eigenvalue weighted by molar-refractivity contribution is -0.153. The van der Waals surface area contributed by atoms with E-state index in [2.05, 4.69) is 17.3 Å². The number of alkyl carbamates (subject to hydrolysis) is 1. The van der Waals surface area contributed by atoms with E-state index in [-0.39, 0.29) is 12.1 Å². The van der Waals surface area contributed by atoms with Crippen molar-refractivity contribution in [1.29, 1.82) is 0 Å². The molecule has 1 aliphatic heterocycles. The maximum Gasteiger partial charge on any atom is 0.408 e. The fourth-order valence-electron chi connectivity index (χ4n) is 2.28. The molecule has 1 unspecified atom stereocenters. The van der Waals surface area contributed by atoms with Crippen LogP contribution in [0.5, 0.6) is 0 Å². The monoisotopic (exact) mass is 346 g/mol. The lowest BCUT2D eigenvalue weighted by Gasteiger charge is -2.30. The highest BCUT2D eigenvalue weighted by molar-refractivity contribution is 7.98. The van der Waals surface area contributed by atoms with Gasteiger partial charge in [-0.25, -0.2) is 9.59 Å². The van der Waals surface area contributed by atoms with E-state index in [1.807, 2.05) is 6.26 Å². The van der Waals surface area contributed by atoms with Crippen LogP contribution in [0.3, 0.4) is 0 Å². The number of hydrogen-bond donors (Lipinski definition) is 1. The maximum atomic E-state index is 12.4. The first kappa shape index (κ1) is 20.1. The Balaban J connectivity index is 2.54. The van der Waals surface area contributed by atoms with Crippen LogP contribution in [0, 0.1) is 0 Å². The second-order valence-electron chi connectivity index (χ2n) is 6.92. The van der Waals surface area contributed by atoms with E-state index in [9.17, 15) is 9.59 Å². The normalized spacial score (nSPS) is 18.3. The summed E-state index contributed by atoms with van der Waals surface area (Å²) < 4.78 is 10.8. The third kappa shape index (κ3) is 8.46. The molecule has 0 saturated carbocycles.